The van der Waals surface area contributed by atoms with E-state index >= 15 is 0 Å². The summed E-state index contributed by atoms with van der Waals surface area (Å²) in [5.74, 6) is -0.489. The number of hydrogen-bond acceptors (Lipinski definition) is 3. The quantitative estimate of drug-likeness (QED) is 0.819. The highest BCUT2D eigenvalue weighted by atomic mass is 35.5. The van der Waals surface area contributed by atoms with Crippen molar-refractivity contribution in [3.8, 4) is 0 Å². The number of methoxy groups -OCH3 is 1. The molecule has 1 rings (SSSR count). The summed E-state index contributed by atoms with van der Waals surface area (Å²) in [5, 5.41) is 5.73. The average Bonchev–Trinajstić information content (AvgIpc) is 2.37. The fourth-order valence-corrected chi connectivity index (χ4v) is 1.39. The van der Waals surface area contributed by atoms with Gasteiger partial charge in [0.25, 0.3) is 0 Å². The molecule has 5 nitrogen and oxygen atoms in total. The number of urea groups is 1. The Morgan fingerprint density at radius 2 is 1.94 bits per heavy atom. The van der Waals surface area contributed by atoms with Crippen LogP contribution in [0.1, 0.15) is 12.5 Å². The van der Waals surface area contributed by atoms with Gasteiger partial charge < -0.3 is 15.4 Å². The largest absolute Gasteiger partial charge is 0.467 e. The number of amides is 2. The maximum atomic E-state index is 11.5. The molecule has 0 fully saturated rings. The Kier molecular flexibility index (Phi) is 5.45. The van der Waals surface area contributed by atoms with Crippen LogP contribution in [0.4, 0.5) is 4.79 Å². The summed E-state index contributed by atoms with van der Waals surface area (Å²) in [7, 11) is 1.27. The molecule has 0 unspecified atom stereocenters. The van der Waals surface area contributed by atoms with E-state index in [1.165, 1.54) is 7.11 Å². The summed E-state index contributed by atoms with van der Waals surface area (Å²) in [6.45, 7) is 1.91. The van der Waals surface area contributed by atoms with Crippen molar-refractivity contribution in [2.24, 2.45) is 0 Å². The van der Waals surface area contributed by atoms with Crippen molar-refractivity contribution in [2.45, 2.75) is 19.5 Å². The maximum absolute atomic E-state index is 11.5. The van der Waals surface area contributed by atoms with E-state index in [4.69, 9.17) is 11.6 Å². The van der Waals surface area contributed by atoms with Gasteiger partial charge in [0.15, 0.2) is 0 Å². The molecule has 0 saturated carbocycles. The van der Waals surface area contributed by atoms with E-state index < -0.39 is 18.0 Å². The van der Waals surface area contributed by atoms with Crippen molar-refractivity contribution < 1.29 is 14.3 Å². The first kappa shape index (κ1) is 14.3. The van der Waals surface area contributed by atoms with Gasteiger partial charge in [0.2, 0.25) is 0 Å². The van der Waals surface area contributed by atoms with Gasteiger partial charge in [-0.25, -0.2) is 9.59 Å². The van der Waals surface area contributed by atoms with Crippen molar-refractivity contribution in [1.82, 2.24) is 10.6 Å². The first-order valence-electron chi connectivity index (χ1n) is 5.39. The number of rotatable bonds is 4. The van der Waals surface area contributed by atoms with Crippen LogP contribution in [0, 0.1) is 0 Å². The van der Waals surface area contributed by atoms with Gasteiger partial charge in [0.1, 0.15) is 6.04 Å². The summed E-state index contributed by atoms with van der Waals surface area (Å²) < 4.78 is 4.49. The number of hydrogen-bond donors (Lipinski definition) is 2. The number of carbonyl (C=O) groups is 2. The molecule has 0 aliphatic rings. The lowest BCUT2D eigenvalue weighted by molar-refractivity contribution is -0.142. The lowest BCUT2D eigenvalue weighted by Crippen LogP contribution is -2.44. The number of carbonyl (C=O) groups excluding carboxylic acids is 2. The summed E-state index contributed by atoms with van der Waals surface area (Å²) in [5.41, 5.74) is 0.917. The summed E-state index contributed by atoms with van der Waals surface area (Å²) in [6.07, 6.45) is 0. The van der Waals surface area contributed by atoms with Gasteiger partial charge in [0.05, 0.1) is 7.11 Å². The second-order valence-corrected chi connectivity index (χ2v) is 4.13. The zero-order valence-electron chi connectivity index (χ0n) is 10.2. The van der Waals surface area contributed by atoms with Crippen molar-refractivity contribution in [1.29, 1.82) is 0 Å². The molecule has 0 radical (unpaired) electrons. The van der Waals surface area contributed by atoms with Gasteiger partial charge in [-0.05, 0) is 24.6 Å². The van der Waals surface area contributed by atoms with Crippen LogP contribution in [-0.2, 0) is 16.1 Å². The molecule has 0 spiro atoms. The van der Waals surface area contributed by atoms with Gasteiger partial charge >= 0.3 is 12.0 Å². The van der Waals surface area contributed by atoms with E-state index in [1.807, 2.05) is 12.1 Å². The highest BCUT2D eigenvalue weighted by Gasteiger charge is 2.15. The summed E-state index contributed by atoms with van der Waals surface area (Å²) in [6, 6.07) is 6.00. The minimum atomic E-state index is -0.680. The molecule has 18 heavy (non-hydrogen) atoms. The Morgan fingerprint density at radius 3 is 2.50 bits per heavy atom. The van der Waals surface area contributed by atoms with E-state index in [2.05, 4.69) is 15.4 Å². The molecule has 2 N–H and O–H groups in total. The summed E-state index contributed by atoms with van der Waals surface area (Å²) in [4.78, 5) is 22.5. The van der Waals surface area contributed by atoms with Crippen LogP contribution in [0.5, 0.6) is 0 Å². The lowest BCUT2D eigenvalue weighted by atomic mass is 10.2. The van der Waals surface area contributed by atoms with Gasteiger partial charge in [-0.1, -0.05) is 23.7 Å². The number of halogens is 1. The van der Waals surface area contributed by atoms with Crippen LogP contribution in [0.3, 0.4) is 0 Å². The second-order valence-electron chi connectivity index (χ2n) is 3.70. The van der Waals surface area contributed by atoms with E-state index in [9.17, 15) is 9.59 Å². The molecule has 2 amide bonds. The third-order valence-corrected chi connectivity index (χ3v) is 2.52. The zero-order chi connectivity index (χ0) is 13.5. The monoisotopic (exact) mass is 270 g/mol. The number of nitrogens with one attached hydrogen (secondary N) is 2. The van der Waals surface area contributed by atoms with Crippen LogP contribution in [0.25, 0.3) is 0 Å². The molecule has 0 saturated heterocycles. The third kappa shape index (κ3) is 4.63. The van der Waals surface area contributed by atoms with Crippen LogP contribution >= 0.6 is 11.6 Å². The second kappa shape index (κ2) is 6.86. The minimum Gasteiger partial charge on any atom is -0.467 e. The van der Waals surface area contributed by atoms with Gasteiger partial charge in [-0.2, -0.15) is 0 Å². The topological polar surface area (TPSA) is 67.4 Å². The highest BCUT2D eigenvalue weighted by molar-refractivity contribution is 6.30. The van der Waals surface area contributed by atoms with E-state index in [1.54, 1.807) is 19.1 Å². The third-order valence-electron chi connectivity index (χ3n) is 2.27. The minimum absolute atomic E-state index is 0.358. The Bertz CT molecular complexity index is 420. The highest BCUT2D eigenvalue weighted by Crippen LogP contribution is 2.08. The molecule has 0 bridgehead atoms. The normalized spacial score (nSPS) is 11.5. The molecule has 6 heteroatoms. The predicted octanol–water partition coefficient (Wildman–Crippen LogP) is 1.70. The maximum Gasteiger partial charge on any atom is 0.328 e. The SMILES string of the molecule is COC(=O)[C@H](C)NC(=O)NCc1ccc(Cl)cc1. The van der Waals surface area contributed by atoms with Gasteiger partial charge in [-0.15, -0.1) is 0 Å². The first-order chi connectivity index (χ1) is 8.52. The lowest BCUT2D eigenvalue weighted by Gasteiger charge is -2.12. The molecule has 1 aromatic carbocycles. The molecule has 0 aliphatic heterocycles. The Balaban J connectivity index is 2.37. The van der Waals surface area contributed by atoms with E-state index in [0.717, 1.165) is 5.56 Å². The fourth-order valence-electron chi connectivity index (χ4n) is 1.27. The average molecular weight is 271 g/mol. The van der Waals surface area contributed by atoms with Gasteiger partial charge in [0, 0.05) is 11.6 Å². The fraction of sp³-hybridized carbons (Fsp3) is 0.333. The Hall–Kier alpha value is -1.75. The van der Waals surface area contributed by atoms with Crippen LogP contribution < -0.4 is 10.6 Å². The predicted molar refractivity (Wildman–Crippen MR) is 68.3 cm³/mol. The van der Waals surface area contributed by atoms with Crippen LogP contribution in [-0.4, -0.2) is 25.2 Å². The van der Waals surface area contributed by atoms with Crippen LogP contribution in [0.2, 0.25) is 5.02 Å². The van der Waals surface area contributed by atoms with Crippen molar-refractivity contribution in [3.63, 3.8) is 0 Å². The van der Waals surface area contributed by atoms with Gasteiger partial charge in [-0.3, -0.25) is 0 Å². The summed E-state index contributed by atoms with van der Waals surface area (Å²) >= 11 is 5.74. The molecular formula is C12H15ClN2O3. The van der Waals surface area contributed by atoms with Crippen molar-refractivity contribution in [3.05, 3.63) is 34.9 Å². The van der Waals surface area contributed by atoms with Crippen molar-refractivity contribution in [2.75, 3.05) is 7.11 Å². The molecule has 98 valence electrons. The first-order valence-corrected chi connectivity index (χ1v) is 5.77. The number of esters is 1. The Morgan fingerprint density at radius 1 is 1.33 bits per heavy atom. The molecule has 1 atom stereocenters. The molecule has 0 aromatic heterocycles. The van der Waals surface area contributed by atoms with E-state index in [-0.39, 0.29) is 0 Å². The van der Waals surface area contributed by atoms with Crippen LogP contribution in [0.15, 0.2) is 24.3 Å². The van der Waals surface area contributed by atoms with E-state index in [0.29, 0.717) is 11.6 Å². The zero-order valence-corrected chi connectivity index (χ0v) is 11.0. The number of benzene rings is 1. The molecule has 0 heterocycles. The Labute approximate surface area is 110 Å². The smallest absolute Gasteiger partial charge is 0.328 e. The number of ether oxygens (including phenoxy) is 1. The molecular weight excluding hydrogens is 256 g/mol. The van der Waals surface area contributed by atoms with Crippen molar-refractivity contribution >= 4 is 23.6 Å². The molecule has 1 aromatic rings. The molecule has 0 aliphatic carbocycles. The standard InChI is InChI=1S/C12H15ClN2O3/c1-8(11(16)18-2)15-12(17)14-7-9-3-5-10(13)6-4-9/h3-6,8H,7H2,1-2H3,(H2,14,15,17)/t8-/m0/s1.